The summed E-state index contributed by atoms with van der Waals surface area (Å²) in [6.45, 7) is 11.2. The smallest absolute Gasteiger partial charge is 0.0551 e. The molecule has 0 N–H and O–H groups in total. The van der Waals surface area contributed by atoms with E-state index in [1.54, 1.807) is 0 Å². The fourth-order valence-corrected chi connectivity index (χ4v) is 2.05. The molecule has 0 saturated carbocycles. The fourth-order valence-electron chi connectivity index (χ4n) is 2.05. The molecular weight excluding hydrogens is 182 g/mol. The van der Waals surface area contributed by atoms with Gasteiger partial charge in [-0.1, -0.05) is 39.5 Å². The monoisotopic (exact) mass is 211 g/mol. The van der Waals surface area contributed by atoms with Gasteiger partial charge < -0.3 is 0 Å². The summed E-state index contributed by atoms with van der Waals surface area (Å²) < 4.78 is 0. The van der Waals surface area contributed by atoms with E-state index >= 15 is 0 Å². The molecule has 0 atom stereocenters. The molecule has 0 aliphatic rings. The summed E-state index contributed by atoms with van der Waals surface area (Å²) in [6, 6.07) is 0. The Morgan fingerprint density at radius 1 is 1.00 bits per heavy atom. The molecule has 0 aromatic carbocycles. The van der Waals surface area contributed by atoms with Crippen molar-refractivity contribution in [2.45, 2.75) is 85.1 Å². The average Bonchev–Trinajstić information content (AvgIpc) is 2.11. The third-order valence-electron chi connectivity index (χ3n) is 2.75. The first-order valence-electron chi connectivity index (χ1n) is 6.57. The number of hydrogen-bond acceptors (Lipinski definition) is 1. The Morgan fingerprint density at radius 3 is 2.20 bits per heavy atom. The van der Waals surface area contributed by atoms with Crippen LogP contribution >= 0.6 is 0 Å². The maximum absolute atomic E-state index is 4.81. The van der Waals surface area contributed by atoms with Crippen LogP contribution in [-0.2, 0) is 0 Å². The highest BCUT2D eigenvalue weighted by molar-refractivity contribution is 5.82. The summed E-state index contributed by atoms with van der Waals surface area (Å²) in [5.74, 6) is 0. The Labute approximate surface area is 96.4 Å². The van der Waals surface area contributed by atoms with E-state index in [4.69, 9.17) is 4.99 Å². The summed E-state index contributed by atoms with van der Waals surface area (Å²) in [6.07, 6.45) is 8.96. The first kappa shape index (κ1) is 14.7. The topological polar surface area (TPSA) is 12.4 Å². The Bertz CT molecular complexity index is 180. The quantitative estimate of drug-likeness (QED) is 0.396. The summed E-state index contributed by atoms with van der Waals surface area (Å²) in [5.41, 5.74) is 1.49. The van der Waals surface area contributed by atoms with Crippen molar-refractivity contribution in [3.8, 4) is 0 Å². The SMILES string of the molecule is CCCCCC/C(C)=N\C(C)(C)CCC. The Morgan fingerprint density at radius 2 is 1.67 bits per heavy atom. The summed E-state index contributed by atoms with van der Waals surface area (Å²) in [4.78, 5) is 4.81. The number of rotatable bonds is 8. The van der Waals surface area contributed by atoms with Gasteiger partial charge in [-0.15, -0.1) is 0 Å². The molecule has 0 spiro atoms. The molecule has 1 nitrogen and oxygen atoms in total. The van der Waals surface area contributed by atoms with E-state index in [-0.39, 0.29) is 5.54 Å². The zero-order valence-electron chi connectivity index (χ0n) is 11.4. The van der Waals surface area contributed by atoms with Crippen LogP contribution in [0.1, 0.15) is 79.6 Å². The van der Waals surface area contributed by atoms with Gasteiger partial charge in [0, 0.05) is 5.71 Å². The van der Waals surface area contributed by atoms with Crippen LogP contribution in [0.4, 0.5) is 0 Å². The van der Waals surface area contributed by atoms with Gasteiger partial charge in [-0.2, -0.15) is 0 Å². The molecule has 0 fully saturated rings. The second kappa shape index (κ2) is 7.90. The maximum Gasteiger partial charge on any atom is 0.0551 e. The van der Waals surface area contributed by atoms with E-state index < -0.39 is 0 Å². The highest BCUT2D eigenvalue weighted by Gasteiger charge is 2.14. The highest BCUT2D eigenvalue weighted by atomic mass is 14.8. The normalized spacial score (nSPS) is 13.3. The molecule has 0 aliphatic carbocycles. The molecule has 0 saturated heterocycles. The van der Waals surface area contributed by atoms with Gasteiger partial charge in [-0.05, 0) is 40.0 Å². The molecule has 15 heavy (non-hydrogen) atoms. The van der Waals surface area contributed by atoms with Gasteiger partial charge in [0.25, 0.3) is 0 Å². The molecule has 0 amide bonds. The van der Waals surface area contributed by atoms with Gasteiger partial charge in [0.2, 0.25) is 0 Å². The lowest BCUT2D eigenvalue weighted by atomic mass is 9.99. The summed E-state index contributed by atoms with van der Waals surface area (Å²) in [7, 11) is 0. The van der Waals surface area contributed by atoms with Crippen molar-refractivity contribution in [3.63, 3.8) is 0 Å². The summed E-state index contributed by atoms with van der Waals surface area (Å²) in [5, 5.41) is 0. The lowest BCUT2D eigenvalue weighted by Crippen LogP contribution is -2.18. The molecule has 0 aromatic heterocycles. The number of aliphatic imine (C=N–C) groups is 1. The predicted molar refractivity (Wildman–Crippen MR) is 70.9 cm³/mol. The van der Waals surface area contributed by atoms with Gasteiger partial charge in [0.05, 0.1) is 5.54 Å². The molecule has 0 unspecified atom stereocenters. The van der Waals surface area contributed by atoms with Crippen LogP contribution in [0.15, 0.2) is 4.99 Å². The standard InChI is InChI=1S/C14H29N/c1-6-8-9-10-11-13(3)15-14(4,5)12-7-2/h6-12H2,1-5H3/b15-13-. The van der Waals surface area contributed by atoms with Crippen LogP contribution in [0.25, 0.3) is 0 Å². The van der Waals surface area contributed by atoms with Gasteiger partial charge >= 0.3 is 0 Å². The van der Waals surface area contributed by atoms with E-state index in [0.29, 0.717) is 0 Å². The third-order valence-corrected chi connectivity index (χ3v) is 2.75. The Hall–Kier alpha value is -0.330. The minimum absolute atomic E-state index is 0.156. The molecule has 90 valence electrons. The molecule has 0 rings (SSSR count). The second-order valence-electron chi connectivity index (χ2n) is 5.22. The van der Waals surface area contributed by atoms with Crippen molar-refractivity contribution in [1.82, 2.24) is 0 Å². The van der Waals surface area contributed by atoms with Crippen LogP contribution < -0.4 is 0 Å². The fraction of sp³-hybridized carbons (Fsp3) is 0.929. The highest BCUT2D eigenvalue weighted by Crippen LogP contribution is 2.17. The van der Waals surface area contributed by atoms with Crippen molar-refractivity contribution >= 4 is 5.71 Å². The van der Waals surface area contributed by atoms with Crippen LogP contribution in [0.2, 0.25) is 0 Å². The third kappa shape index (κ3) is 8.65. The molecular formula is C14H29N. The average molecular weight is 211 g/mol. The minimum atomic E-state index is 0.156. The number of nitrogens with zero attached hydrogens (tertiary/aromatic N) is 1. The lowest BCUT2D eigenvalue weighted by Gasteiger charge is -2.20. The predicted octanol–water partition coefficient (Wildman–Crippen LogP) is 5.00. The number of unbranched alkanes of at least 4 members (excludes halogenated alkanes) is 3. The van der Waals surface area contributed by atoms with Crippen molar-refractivity contribution < 1.29 is 0 Å². The molecule has 0 bridgehead atoms. The van der Waals surface area contributed by atoms with Crippen molar-refractivity contribution in [3.05, 3.63) is 0 Å². The van der Waals surface area contributed by atoms with E-state index in [1.165, 1.54) is 50.7 Å². The van der Waals surface area contributed by atoms with Crippen LogP contribution in [-0.4, -0.2) is 11.3 Å². The zero-order chi connectivity index (χ0) is 11.7. The zero-order valence-corrected chi connectivity index (χ0v) is 11.4. The van der Waals surface area contributed by atoms with Gasteiger partial charge in [0.15, 0.2) is 0 Å². The Kier molecular flexibility index (Phi) is 7.72. The Balaban J connectivity index is 3.85. The van der Waals surface area contributed by atoms with Crippen molar-refractivity contribution in [1.29, 1.82) is 0 Å². The van der Waals surface area contributed by atoms with Gasteiger partial charge in [-0.3, -0.25) is 4.99 Å². The van der Waals surface area contributed by atoms with Crippen molar-refractivity contribution in [2.75, 3.05) is 0 Å². The molecule has 0 radical (unpaired) electrons. The van der Waals surface area contributed by atoms with Crippen LogP contribution in [0, 0.1) is 0 Å². The largest absolute Gasteiger partial charge is 0.288 e. The maximum atomic E-state index is 4.81. The minimum Gasteiger partial charge on any atom is -0.288 e. The molecule has 0 heterocycles. The van der Waals surface area contributed by atoms with Crippen molar-refractivity contribution in [2.24, 2.45) is 4.99 Å². The van der Waals surface area contributed by atoms with Crippen LogP contribution in [0.5, 0.6) is 0 Å². The molecule has 0 aliphatic heterocycles. The molecule has 0 aromatic rings. The van der Waals surface area contributed by atoms with E-state index in [1.807, 2.05) is 0 Å². The molecule has 1 heteroatoms. The van der Waals surface area contributed by atoms with E-state index in [0.717, 1.165) is 0 Å². The lowest BCUT2D eigenvalue weighted by molar-refractivity contribution is 0.472. The van der Waals surface area contributed by atoms with E-state index in [9.17, 15) is 0 Å². The number of hydrogen-bond donors (Lipinski definition) is 0. The first-order valence-corrected chi connectivity index (χ1v) is 6.57. The first-order chi connectivity index (χ1) is 7.02. The van der Waals surface area contributed by atoms with Crippen LogP contribution in [0.3, 0.4) is 0 Å². The second-order valence-corrected chi connectivity index (χ2v) is 5.22. The summed E-state index contributed by atoms with van der Waals surface area (Å²) >= 11 is 0. The van der Waals surface area contributed by atoms with Gasteiger partial charge in [0.1, 0.15) is 0 Å². The van der Waals surface area contributed by atoms with Gasteiger partial charge in [-0.25, -0.2) is 0 Å². The van der Waals surface area contributed by atoms with E-state index in [2.05, 4.69) is 34.6 Å².